The largest absolute Gasteiger partial charge is 0.390 e. The van der Waals surface area contributed by atoms with Gasteiger partial charge in [0.25, 0.3) is 0 Å². The fourth-order valence-electron chi connectivity index (χ4n) is 3.32. The Morgan fingerprint density at radius 2 is 2.15 bits per heavy atom. The number of carbonyl (C=O) groups is 1. The molecule has 3 rings (SSSR count). The molecule has 1 heterocycles. The van der Waals surface area contributed by atoms with Crippen LogP contribution in [0.3, 0.4) is 0 Å². The summed E-state index contributed by atoms with van der Waals surface area (Å²) in [5.74, 6) is -0.483. The van der Waals surface area contributed by atoms with Gasteiger partial charge in [0, 0.05) is 29.6 Å². The first-order valence-electron chi connectivity index (χ1n) is 8.39. The first-order valence-corrected chi connectivity index (χ1v) is 9.65. The van der Waals surface area contributed by atoms with Gasteiger partial charge >= 0.3 is 0 Å². The van der Waals surface area contributed by atoms with Crippen LogP contribution in [-0.4, -0.2) is 63.3 Å². The molecule has 0 bridgehead atoms. The number of halogens is 1. The topological polar surface area (TPSA) is 85.2 Å². The Bertz CT molecular complexity index is 712. The second-order valence-corrected chi connectivity index (χ2v) is 8.15. The lowest BCUT2D eigenvalue weighted by atomic mass is 9.80. The summed E-state index contributed by atoms with van der Waals surface area (Å²) in [6.07, 6.45) is -0.0679. The number of benzene rings is 1. The molecular formula is C18H22ClN3O3S. The molecule has 140 valence electrons. The summed E-state index contributed by atoms with van der Waals surface area (Å²) >= 11 is 7.33. The maximum Gasteiger partial charge on any atom is 0.227 e. The number of nitrogens with zero attached hydrogens (tertiary/aromatic N) is 2. The van der Waals surface area contributed by atoms with Gasteiger partial charge in [-0.25, -0.2) is 0 Å². The van der Waals surface area contributed by atoms with Crippen LogP contribution in [0, 0.1) is 5.92 Å². The van der Waals surface area contributed by atoms with Crippen LogP contribution in [-0.2, 0) is 4.79 Å². The van der Waals surface area contributed by atoms with Crippen molar-refractivity contribution in [1.29, 1.82) is 0 Å². The molecule has 5 atom stereocenters. The lowest BCUT2D eigenvalue weighted by Crippen LogP contribution is -2.54. The third-order valence-electron chi connectivity index (χ3n) is 4.68. The molecule has 0 radical (unpaired) electrons. The minimum absolute atomic E-state index is 0.0682. The number of fused-ring (bicyclic) bond motifs is 1. The summed E-state index contributed by atoms with van der Waals surface area (Å²) in [5.41, 5.74) is 0.820. The molecule has 6 nitrogen and oxygen atoms in total. The van der Waals surface area contributed by atoms with E-state index in [0.717, 1.165) is 5.69 Å². The fraction of sp³-hybridized carbons (Fsp3) is 0.444. The van der Waals surface area contributed by atoms with Gasteiger partial charge in [-0.15, -0.1) is 6.58 Å². The molecule has 3 N–H and O–H groups in total. The van der Waals surface area contributed by atoms with Gasteiger partial charge < -0.3 is 20.4 Å². The Balaban J connectivity index is 1.77. The number of thioether (sulfide) groups is 1. The van der Waals surface area contributed by atoms with Crippen molar-refractivity contribution >= 4 is 40.1 Å². The standard InChI is InChI=1S/C18H22ClN3O3S/c1-3-8-22(2)17(25)12-9-13(23)15(24)14-16(12)26-18(21-14)20-11-6-4-10(19)5-7-11/h3-7,12-16,23-24H,1,8-9H2,2H3,(H,20,21). The molecule has 1 aliphatic carbocycles. The average molecular weight is 396 g/mol. The van der Waals surface area contributed by atoms with Crippen molar-refractivity contribution in [3.8, 4) is 0 Å². The van der Waals surface area contributed by atoms with Crippen molar-refractivity contribution in [2.24, 2.45) is 10.9 Å². The normalized spacial score (nSPS) is 30.3. The predicted octanol–water partition coefficient (Wildman–Crippen LogP) is 1.98. The molecule has 1 fully saturated rings. The zero-order chi connectivity index (χ0) is 18.8. The van der Waals surface area contributed by atoms with Crippen LogP contribution < -0.4 is 5.32 Å². The number of amidine groups is 1. The smallest absolute Gasteiger partial charge is 0.227 e. The Hall–Kier alpha value is -1.54. The van der Waals surface area contributed by atoms with E-state index in [-0.39, 0.29) is 17.6 Å². The molecular weight excluding hydrogens is 374 g/mol. The Morgan fingerprint density at radius 1 is 1.46 bits per heavy atom. The van der Waals surface area contributed by atoms with Gasteiger partial charge in [0.05, 0.1) is 18.1 Å². The molecule has 0 aromatic heterocycles. The van der Waals surface area contributed by atoms with Gasteiger partial charge in [0.2, 0.25) is 5.91 Å². The maximum atomic E-state index is 12.8. The molecule has 1 aromatic carbocycles. The molecule has 0 saturated heterocycles. The summed E-state index contributed by atoms with van der Waals surface area (Å²) in [6, 6.07) is 6.68. The van der Waals surface area contributed by atoms with Crippen LogP contribution in [0.4, 0.5) is 5.69 Å². The number of carbonyl (C=O) groups excluding carboxylic acids is 1. The number of hydrogen-bond acceptors (Lipinski definition) is 6. The van der Waals surface area contributed by atoms with Crippen molar-refractivity contribution in [1.82, 2.24) is 4.90 Å². The molecule has 1 aromatic rings. The van der Waals surface area contributed by atoms with Crippen molar-refractivity contribution in [2.75, 3.05) is 18.9 Å². The number of aliphatic imine (C=N–C) groups is 1. The van der Waals surface area contributed by atoms with E-state index in [1.165, 1.54) is 11.8 Å². The van der Waals surface area contributed by atoms with Crippen LogP contribution in [0.25, 0.3) is 0 Å². The number of nitrogens with one attached hydrogen (secondary N) is 1. The van der Waals surface area contributed by atoms with E-state index in [0.29, 0.717) is 16.7 Å². The number of rotatable bonds is 4. The molecule has 1 aliphatic heterocycles. The van der Waals surface area contributed by atoms with Crippen LogP contribution in [0.15, 0.2) is 41.9 Å². The van der Waals surface area contributed by atoms with Crippen molar-refractivity contribution in [2.45, 2.75) is 29.9 Å². The van der Waals surface area contributed by atoms with E-state index in [1.54, 1.807) is 30.2 Å². The molecule has 0 spiro atoms. The minimum Gasteiger partial charge on any atom is -0.390 e. The first kappa shape index (κ1) is 19.2. The third-order valence-corrected chi connectivity index (χ3v) is 6.24. The second-order valence-electron chi connectivity index (χ2n) is 6.55. The zero-order valence-electron chi connectivity index (χ0n) is 14.4. The third kappa shape index (κ3) is 3.91. The van der Waals surface area contributed by atoms with E-state index < -0.39 is 24.2 Å². The summed E-state index contributed by atoms with van der Waals surface area (Å²) in [4.78, 5) is 18.9. The zero-order valence-corrected chi connectivity index (χ0v) is 16.0. The van der Waals surface area contributed by atoms with Crippen LogP contribution in [0.1, 0.15) is 6.42 Å². The van der Waals surface area contributed by atoms with E-state index in [1.807, 2.05) is 12.1 Å². The first-order chi connectivity index (χ1) is 12.4. The highest BCUT2D eigenvalue weighted by Gasteiger charge is 2.50. The number of aliphatic hydroxyl groups excluding tert-OH is 2. The molecule has 5 unspecified atom stereocenters. The SMILES string of the molecule is C=CCN(C)C(=O)C1CC(O)C(O)C2N=C(Nc3ccc(Cl)cc3)SC12. The highest BCUT2D eigenvalue weighted by atomic mass is 35.5. The number of likely N-dealkylation sites (N-methyl/N-ethyl adjacent to an activating group) is 1. The Labute approximate surface area is 161 Å². The Kier molecular flexibility index (Phi) is 5.92. The summed E-state index contributed by atoms with van der Waals surface area (Å²) < 4.78 is 0. The fourth-order valence-corrected chi connectivity index (χ4v) is 4.81. The Morgan fingerprint density at radius 3 is 2.81 bits per heavy atom. The van der Waals surface area contributed by atoms with Crippen molar-refractivity contribution in [3.63, 3.8) is 0 Å². The molecule has 26 heavy (non-hydrogen) atoms. The second kappa shape index (κ2) is 8.00. The average Bonchev–Trinajstić information content (AvgIpc) is 3.03. The van der Waals surface area contributed by atoms with Gasteiger partial charge in [-0.1, -0.05) is 29.4 Å². The number of aliphatic hydroxyl groups is 2. The highest BCUT2D eigenvalue weighted by molar-refractivity contribution is 8.15. The molecule has 1 amide bonds. The lowest BCUT2D eigenvalue weighted by molar-refractivity contribution is -0.138. The number of hydrogen-bond donors (Lipinski definition) is 3. The summed E-state index contributed by atoms with van der Waals surface area (Å²) in [7, 11) is 1.71. The molecule has 1 saturated carbocycles. The van der Waals surface area contributed by atoms with E-state index in [4.69, 9.17) is 11.6 Å². The van der Waals surface area contributed by atoms with Crippen LogP contribution in [0.5, 0.6) is 0 Å². The number of anilines is 1. The van der Waals surface area contributed by atoms with Crippen molar-refractivity contribution in [3.05, 3.63) is 41.9 Å². The monoisotopic (exact) mass is 395 g/mol. The summed E-state index contributed by atoms with van der Waals surface area (Å²) in [6.45, 7) is 4.09. The van der Waals surface area contributed by atoms with Crippen molar-refractivity contribution < 1.29 is 15.0 Å². The van der Waals surface area contributed by atoms with Gasteiger partial charge in [-0.2, -0.15) is 0 Å². The van der Waals surface area contributed by atoms with Gasteiger partial charge in [0.1, 0.15) is 6.10 Å². The van der Waals surface area contributed by atoms with E-state index >= 15 is 0 Å². The summed E-state index contributed by atoms with van der Waals surface area (Å²) in [5, 5.41) is 24.8. The quantitative estimate of drug-likeness (QED) is 0.679. The van der Waals surface area contributed by atoms with Gasteiger partial charge in [0.15, 0.2) is 5.17 Å². The molecule has 8 heteroatoms. The van der Waals surface area contributed by atoms with E-state index in [9.17, 15) is 15.0 Å². The van der Waals surface area contributed by atoms with Gasteiger partial charge in [-0.05, 0) is 30.7 Å². The lowest BCUT2D eigenvalue weighted by Gasteiger charge is -2.38. The van der Waals surface area contributed by atoms with Gasteiger partial charge in [-0.3, -0.25) is 9.79 Å². The predicted molar refractivity (Wildman–Crippen MR) is 106 cm³/mol. The highest BCUT2D eigenvalue weighted by Crippen LogP contribution is 2.42. The number of amides is 1. The maximum absolute atomic E-state index is 12.8. The van der Waals surface area contributed by atoms with Crippen LogP contribution in [0.2, 0.25) is 5.02 Å². The minimum atomic E-state index is -0.981. The van der Waals surface area contributed by atoms with E-state index in [2.05, 4.69) is 16.9 Å². The van der Waals surface area contributed by atoms with Crippen LogP contribution >= 0.6 is 23.4 Å². The molecule has 2 aliphatic rings.